The lowest BCUT2D eigenvalue weighted by atomic mass is 10.3. The van der Waals surface area contributed by atoms with Crippen molar-refractivity contribution in [3.05, 3.63) is 48.5 Å². The van der Waals surface area contributed by atoms with Gasteiger partial charge in [-0.3, -0.25) is 0 Å². The van der Waals surface area contributed by atoms with Crippen molar-refractivity contribution in [2.24, 2.45) is 16.1 Å². The minimum absolute atomic E-state index is 0.798. The van der Waals surface area contributed by atoms with E-state index in [0.29, 0.717) is 0 Å². The third-order valence-corrected chi connectivity index (χ3v) is 2.90. The van der Waals surface area contributed by atoms with Crippen LogP contribution in [0, 0.1) is 0 Å². The molecular weight excluding hydrogens is 250 g/mol. The van der Waals surface area contributed by atoms with Crippen LogP contribution < -0.4 is 15.8 Å². The van der Waals surface area contributed by atoms with Crippen LogP contribution in [-0.4, -0.2) is 21.1 Å². The lowest BCUT2D eigenvalue weighted by molar-refractivity contribution is 1.02. The Kier molecular flexibility index (Phi) is 4.32. The topological polar surface area (TPSA) is 57.2 Å². The quantitative estimate of drug-likeness (QED) is 0.525. The van der Waals surface area contributed by atoms with Gasteiger partial charge in [0.1, 0.15) is 0 Å². The third kappa shape index (κ3) is 3.55. The standard InChI is InChI=1S/C15H19N5/c1-19(2)14-8-4-12(5-9-14)17-18-13-6-10-15(11-7-13)20(3)16/h4-11H,16H2,1-3H3. The Morgan fingerprint density at radius 3 is 1.45 bits per heavy atom. The number of hydrazine groups is 1. The number of nitrogens with two attached hydrogens (primary N) is 1. The summed E-state index contributed by atoms with van der Waals surface area (Å²) in [5.41, 5.74) is 3.70. The highest BCUT2D eigenvalue weighted by Crippen LogP contribution is 2.22. The molecule has 0 saturated heterocycles. The highest BCUT2D eigenvalue weighted by molar-refractivity contribution is 5.53. The van der Waals surface area contributed by atoms with Crippen molar-refractivity contribution in [2.45, 2.75) is 0 Å². The largest absolute Gasteiger partial charge is 0.378 e. The van der Waals surface area contributed by atoms with Gasteiger partial charge in [0.15, 0.2) is 0 Å². The molecule has 0 aromatic heterocycles. The fraction of sp³-hybridized carbons (Fsp3) is 0.200. The maximum atomic E-state index is 5.64. The highest BCUT2D eigenvalue weighted by Gasteiger charge is 1.97. The van der Waals surface area contributed by atoms with E-state index in [-0.39, 0.29) is 0 Å². The molecule has 0 heterocycles. The van der Waals surface area contributed by atoms with Crippen LogP contribution in [0.25, 0.3) is 0 Å². The van der Waals surface area contributed by atoms with E-state index in [1.165, 1.54) is 0 Å². The van der Waals surface area contributed by atoms with Gasteiger partial charge in [0.05, 0.1) is 17.1 Å². The molecule has 0 amide bonds. The molecule has 0 bridgehead atoms. The predicted molar refractivity (Wildman–Crippen MR) is 84.0 cm³/mol. The van der Waals surface area contributed by atoms with Crippen molar-refractivity contribution in [3.8, 4) is 0 Å². The van der Waals surface area contributed by atoms with E-state index in [0.717, 1.165) is 22.7 Å². The molecule has 2 N–H and O–H groups in total. The molecule has 5 nitrogen and oxygen atoms in total. The molecule has 20 heavy (non-hydrogen) atoms. The molecule has 0 aliphatic heterocycles. The Bertz CT molecular complexity index is 517. The molecule has 5 heteroatoms. The first-order valence-corrected chi connectivity index (χ1v) is 6.34. The lowest BCUT2D eigenvalue weighted by Gasteiger charge is -2.11. The van der Waals surface area contributed by atoms with Gasteiger partial charge in [-0.05, 0) is 48.5 Å². The van der Waals surface area contributed by atoms with E-state index < -0.39 is 0 Å². The van der Waals surface area contributed by atoms with Crippen LogP contribution in [0.15, 0.2) is 58.8 Å². The minimum Gasteiger partial charge on any atom is -0.378 e. The number of benzene rings is 2. The molecule has 0 fully saturated rings. The Balaban J connectivity index is 2.08. The molecule has 104 valence electrons. The predicted octanol–water partition coefficient (Wildman–Crippen LogP) is 3.48. The molecule has 2 rings (SSSR count). The molecular formula is C15H19N5. The summed E-state index contributed by atoms with van der Waals surface area (Å²) in [5, 5.41) is 9.97. The van der Waals surface area contributed by atoms with Crippen molar-refractivity contribution in [2.75, 3.05) is 31.1 Å². The van der Waals surface area contributed by atoms with Crippen LogP contribution in [0.5, 0.6) is 0 Å². The molecule has 0 atom stereocenters. The van der Waals surface area contributed by atoms with Crippen molar-refractivity contribution in [3.63, 3.8) is 0 Å². The monoisotopic (exact) mass is 269 g/mol. The first-order chi connectivity index (χ1) is 9.56. The summed E-state index contributed by atoms with van der Waals surface area (Å²) < 4.78 is 0. The van der Waals surface area contributed by atoms with E-state index in [9.17, 15) is 0 Å². The lowest BCUT2D eigenvalue weighted by Crippen LogP contribution is -2.24. The van der Waals surface area contributed by atoms with Crippen LogP contribution >= 0.6 is 0 Å². The van der Waals surface area contributed by atoms with Gasteiger partial charge in [-0.15, -0.1) is 0 Å². The second kappa shape index (κ2) is 6.16. The Hall–Kier alpha value is -2.40. The fourth-order valence-corrected chi connectivity index (χ4v) is 1.69. The van der Waals surface area contributed by atoms with Crippen molar-refractivity contribution in [1.29, 1.82) is 0 Å². The normalized spacial score (nSPS) is 10.8. The summed E-state index contributed by atoms with van der Waals surface area (Å²) in [6, 6.07) is 15.5. The molecule has 2 aromatic rings. The van der Waals surface area contributed by atoms with Gasteiger partial charge in [0.2, 0.25) is 0 Å². The van der Waals surface area contributed by atoms with Crippen molar-refractivity contribution >= 4 is 22.7 Å². The van der Waals surface area contributed by atoms with Gasteiger partial charge in [-0.2, -0.15) is 10.2 Å². The third-order valence-electron chi connectivity index (χ3n) is 2.90. The summed E-state index contributed by atoms with van der Waals surface area (Å²) in [5.74, 6) is 5.64. The first kappa shape index (κ1) is 14.0. The smallest absolute Gasteiger partial charge is 0.0858 e. The summed E-state index contributed by atoms with van der Waals surface area (Å²) in [6.45, 7) is 0. The number of azo groups is 1. The summed E-state index contributed by atoms with van der Waals surface area (Å²) in [6.07, 6.45) is 0. The van der Waals surface area contributed by atoms with Gasteiger partial charge >= 0.3 is 0 Å². The maximum Gasteiger partial charge on any atom is 0.0858 e. The van der Waals surface area contributed by atoms with Gasteiger partial charge in [0, 0.05) is 26.8 Å². The SMILES string of the molecule is CN(C)c1ccc(N=Nc2ccc(N(C)N)cc2)cc1. The zero-order valence-electron chi connectivity index (χ0n) is 12.0. The second-order valence-corrected chi connectivity index (χ2v) is 4.74. The van der Waals surface area contributed by atoms with Crippen molar-refractivity contribution in [1.82, 2.24) is 0 Å². The summed E-state index contributed by atoms with van der Waals surface area (Å²) in [7, 11) is 5.81. The van der Waals surface area contributed by atoms with E-state index in [1.54, 1.807) is 12.1 Å². The number of nitrogens with zero attached hydrogens (tertiary/aromatic N) is 4. The number of anilines is 2. The van der Waals surface area contributed by atoms with E-state index in [1.807, 2.05) is 67.5 Å². The van der Waals surface area contributed by atoms with Crippen molar-refractivity contribution < 1.29 is 0 Å². The van der Waals surface area contributed by atoms with E-state index in [4.69, 9.17) is 5.84 Å². The van der Waals surface area contributed by atoms with Crippen LogP contribution in [0.2, 0.25) is 0 Å². The van der Waals surface area contributed by atoms with Gasteiger partial charge in [-0.1, -0.05) is 0 Å². The molecule has 0 radical (unpaired) electrons. The van der Waals surface area contributed by atoms with E-state index in [2.05, 4.69) is 10.2 Å². The molecule has 0 unspecified atom stereocenters. The highest BCUT2D eigenvalue weighted by atomic mass is 15.4. The Morgan fingerprint density at radius 2 is 1.10 bits per heavy atom. The molecule has 0 aliphatic carbocycles. The van der Waals surface area contributed by atoms with Gasteiger partial charge < -0.3 is 9.91 Å². The molecule has 2 aromatic carbocycles. The second-order valence-electron chi connectivity index (χ2n) is 4.74. The van der Waals surface area contributed by atoms with Crippen LogP contribution in [0.4, 0.5) is 22.7 Å². The number of hydrogen-bond acceptors (Lipinski definition) is 5. The van der Waals surface area contributed by atoms with Gasteiger partial charge in [-0.25, -0.2) is 5.84 Å². The molecule has 0 aliphatic rings. The van der Waals surface area contributed by atoms with Crippen LogP contribution in [0.3, 0.4) is 0 Å². The summed E-state index contributed by atoms with van der Waals surface area (Å²) in [4.78, 5) is 2.04. The first-order valence-electron chi connectivity index (χ1n) is 6.34. The zero-order valence-corrected chi connectivity index (χ0v) is 12.0. The number of rotatable bonds is 4. The van der Waals surface area contributed by atoms with Gasteiger partial charge in [0.25, 0.3) is 0 Å². The Morgan fingerprint density at radius 1 is 0.700 bits per heavy atom. The minimum atomic E-state index is 0.798. The molecule has 0 saturated carbocycles. The number of hydrogen-bond donors (Lipinski definition) is 1. The summed E-state index contributed by atoms with van der Waals surface area (Å²) >= 11 is 0. The van der Waals surface area contributed by atoms with Crippen LogP contribution in [-0.2, 0) is 0 Å². The molecule has 0 spiro atoms. The average Bonchev–Trinajstić information content (AvgIpc) is 2.46. The zero-order chi connectivity index (χ0) is 14.5. The van der Waals surface area contributed by atoms with E-state index >= 15 is 0 Å². The fourth-order valence-electron chi connectivity index (χ4n) is 1.69. The maximum absolute atomic E-state index is 5.64. The Labute approximate surface area is 119 Å². The van der Waals surface area contributed by atoms with Crippen LogP contribution in [0.1, 0.15) is 0 Å². The average molecular weight is 269 g/mol.